The second-order valence-corrected chi connectivity index (χ2v) is 3.28. The van der Waals surface area contributed by atoms with Crippen molar-refractivity contribution in [3.8, 4) is 0 Å². The summed E-state index contributed by atoms with van der Waals surface area (Å²) in [5.74, 6) is 0.542. The Morgan fingerprint density at radius 3 is 3.08 bits per heavy atom. The van der Waals surface area contributed by atoms with Gasteiger partial charge < -0.3 is 14.6 Å². The van der Waals surface area contributed by atoms with Gasteiger partial charge in [0.05, 0.1) is 12.7 Å². The molecule has 1 fully saturated rings. The molecule has 2 atom stereocenters. The van der Waals surface area contributed by atoms with Gasteiger partial charge in [0.2, 0.25) is 0 Å². The number of hydrogen-bond donors (Lipinski definition) is 1. The Balaban J connectivity index is 2.03. The second-order valence-electron chi connectivity index (χ2n) is 3.28. The van der Waals surface area contributed by atoms with E-state index in [1.54, 1.807) is 0 Å². The Kier molecular flexibility index (Phi) is 4.58. The molecule has 0 bridgehead atoms. The van der Waals surface area contributed by atoms with E-state index in [1.165, 1.54) is 0 Å². The fourth-order valence-electron chi connectivity index (χ4n) is 1.48. The van der Waals surface area contributed by atoms with Gasteiger partial charge >= 0.3 is 0 Å². The van der Waals surface area contributed by atoms with Crippen LogP contribution in [0.3, 0.4) is 0 Å². The smallest absolute Gasteiger partial charge is 0.0777 e. The lowest BCUT2D eigenvalue weighted by atomic mass is 10.0. The van der Waals surface area contributed by atoms with Crippen LogP contribution >= 0.6 is 0 Å². The Labute approximate surface area is 73.7 Å². The molecule has 1 rings (SSSR count). The molecule has 0 aromatic carbocycles. The van der Waals surface area contributed by atoms with Gasteiger partial charge in [0.15, 0.2) is 0 Å². The Morgan fingerprint density at radius 1 is 1.67 bits per heavy atom. The summed E-state index contributed by atoms with van der Waals surface area (Å²) in [5, 5.41) is 9.46. The summed E-state index contributed by atoms with van der Waals surface area (Å²) in [6.07, 6.45) is 1.60. The van der Waals surface area contributed by atoms with Crippen LogP contribution in [0.5, 0.6) is 0 Å². The summed E-state index contributed by atoms with van der Waals surface area (Å²) in [4.78, 5) is 0. The zero-order valence-electron chi connectivity index (χ0n) is 7.66. The van der Waals surface area contributed by atoms with Crippen LogP contribution in [0.15, 0.2) is 0 Å². The van der Waals surface area contributed by atoms with E-state index < -0.39 is 0 Å². The maximum Gasteiger partial charge on any atom is 0.0777 e. The molecule has 0 aliphatic carbocycles. The molecule has 1 N–H and O–H groups in total. The first-order chi connectivity index (χ1) is 5.83. The van der Waals surface area contributed by atoms with Gasteiger partial charge in [-0.05, 0) is 25.7 Å². The molecule has 3 heteroatoms. The van der Waals surface area contributed by atoms with Gasteiger partial charge in [0, 0.05) is 19.8 Å². The number of rotatable bonds is 5. The van der Waals surface area contributed by atoms with Crippen molar-refractivity contribution >= 4 is 0 Å². The molecule has 72 valence electrons. The maximum absolute atomic E-state index is 9.46. The van der Waals surface area contributed by atoms with Crippen molar-refractivity contribution in [3.05, 3.63) is 0 Å². The van der Waals surface area contributed by atoms with E-state index in [0.717, 1.165) is 26.1 Å². The minimum Gasteiger partial charge on any atom is -0.391 e. The first-order valence-corrected chi connectivity index (χ1v) is 4.66. The van der Waals surface area contributed by atoms with Crippen LogP contribution in [0.4, 0.5) is 0 Å². The third kappa shape index (κ3) is 3.52. The highest BCUT2D eigenvalue weighted by Crippen LogP contribution is 2.18. The van der Waals surface area contributed by atoms with Gasteiger partial charge in [-0.3, -0.25) is 0 Å². The first kappa shape index (κ1) is 9.96. The highest BCUT2D eigenvalue weighted by Gasteiger charge is 2.19. The van der Waals surface area contributed by atoms with Crippen molar-refractivity contribution in [2.24, 2.45) is 5.92 Å². The molecule has 0 spiro atoms. The largest absolute Gasteiger partial charge is 0.391 e. The van der Waals surface area contributed by atoms with E-state index in [-0.39, 0.29) is 6.10 Å². The number of aliphatic hydroxyl groups excluding tert-OH is 1. The number of hydrogen-bond acceptors (Lipinski definition) is 3. The molecule has 12 heavy (non-hydrogen) atoms. The fraction of sp³-hybridized carbons (Fsp3) is 1.00. The van der Waals surface area contributed by atoms with E-state index in [4.69, 9.17) is 9.47 Å². The van der Waals surface area contributed by atoms with E-state index in [2.05, 4.69) is 0 Å². The lowest BCUT2D eigenvalue weighted by Gasteiger charge is -2.13. The molecule has 2 unspecified atom stereocenters. The van der Waals surface area contributed by atoms with Gasteiger partial charge in [-0.2, -0.15) is 0 Å². The van der Waals surface area contributed by atoms with Crippen molar-refractivity contribution in [2.75, 3.05) is 26.4 Å². The number of aliphatic hydroxyl groups is 1. The van der Waals surface area contributed by atoms with Crippen molar-refractivity contribution in [1.29, 1.82) is 0 Å². The van der Waals surface area contributed by atoms with Crippen LogP contribution in [-0.4, -0.2) is 37.6 Å². The van der Waals surface area contributed by atoms with Gasteiger partial charge in [-0.15, -0.1) is 0 Å². The van der Waals surface area contributed by atoms with Crippen molar-refractivity contribution in [1.82, 2.24) is 0 Å². The highest BCUT2D eigenvalue weighted by molar-refractivity contribution is 4.68. The average Bonchev–Trinajstić information content (AvgIpc) is 2.53. The molecular formula is C9H18O3. The molecule has 0 saturated carbocycles. The predicted octanol–water partition coefficient (Wildman–Crippen LogP) is 0.810. The van der Waals surface area contributed by atoms with E-state index in [1.807, 2.05) is 6.92 Å². The highest BCUT2D eigenvalue weighted by atomic mass is 16.5. The molecule has 0 aromatic heterocycles. The topological polar surface area (TPSA) is 38.7 Å². The summed E-state index contributed by atoms with van der Waals surface area (Å²) in [5.41, 5.74) is 0. The van der Waals surface area contributed by atoms with Crippen molar-refractivity contribution < 1.29 is 14.6 Å². The third-order valence-electron chi connectivity index (χ3n) is 2.14. The molecule has 0 amide bonds. The zero-order valence-corrected chi connectivity index (χ0v) is 7.66. The molecule has 0 aromatic rings. The maximum atomic E-state index is 9.46. The molecule has 1 heterocycles. The lowest BCUT2D eigenvalue weighted by Crippen LogP contribution is -2.19. The second kappa shape index (κ2) is 5.51. The monoisotopic (exact) mass is 174 g/mol. The molecular weight excluding hydrogens is 156 g/mol. The molecule has 0 radical (unpaired) electrons. The normalized spacial score (nSPS) is 26.0. The van der Waals surface area contributed by atoms with Crippen LogP contribution in [0.2, 0.25) is 0 Å². The SMILES string of the molecule is CCOCC(O)CC1CCOC1. The fourth-order valence-corrected chi connectivity index (χ4v) is 1.48. The molecule has 1 aliphatic heterocycles. The summed E-state index contributed by atoms with van der Waals surface area (Å²) in [6, 6.07) is 0. The number of ether oxygens (including phenoxy) is 2. The van der Waals surface area contributed by atoms with Gasteiger partial charge in [0.1, 0.15) is 0 Å². The molecule has 1 saturated heterocycles. The first-order valence-electron chi connectivity index (χ1n) is 4.66. The van der Waals surface area contributed by atoms with Gasteiger partial charge in [0.25, 0.3) is 0 Å². The van der Waals surface area contributed by atoms with Crippen molar-refractivity contribution in [3.63, 3.8) is 0 Å². The zero-order chi connectivity index (χ0) is 8.81. The quantitative estimate of drug-likeness (QED) is 0.670. The third-order valence-corrected chi connectivity index (χ3v) is 2.14. The lowest BCUT2D eigenvalue weighted by molar-refractivity contribution is 0.0280. The van der Waals surface area contributed by atoms with Crippen LogP contribution in [0.1, 0.15) is 19.8 Å². The van der Waals surface area contributed by atoms with E-state index in [9.17, 15) is 5.11 Å². The molecule has 1 aliphatic rings. The van der Waals surface area contributed by atoms with Gasteiger partial charge in [-0.25, -0.2) is 0 Å². The van der Waals surface area contributed by atoms with Crippen molar-refractivity contribution in [2.45, 2.75) is 25.9 Å². The minimum atomic E-state index is -0.309. The summed E-state index contributed by atoms with van der Waals surface area (Å²) >= 11 is 0. The Hall–Kier alpha value is -0.120. The Morgan fingerprint density at radius 2 is 2.50 bits per heavy atom. The average molecular weight is 174 g/mol. The van der Waals surface area contributed by atoms with Gasteiger partial charge in [-0.1, -0.05) is 0 Å². The van der Waals surface area contributed by atoms with E-state index >= 15 is 0 Å². The minimum absolute atomic E-state index is 0.309. The Bertz CT molecular complexity index is 110. The summed E-state index contributed by atoms with van der Waals surface area (Å²) in [7, 11) is 0. The standard InChI is InChI=1S/C9H18O3/c1-2-11-7-9(10)5-8-3-4-12-6-8/h8-10H,2-7H2,1H3. The van der Waals surface area contributed by atoms with E-state index in [0.29, 0.717) is 19.1 Å². The van der Waals surface area contributed by atoms with Crippen LogP contribution < -0.4 is 0 Å². The summed E-state index contributed by atoms with van der Waals surface area (Å²) < 4.78 is 10.3. The van der Waals surface area contributed by atoms with Crippen LogP contribution in [0.25, 0.3) is 0 Å². The van der Waals surface area contributed by atoms with Crippen LogP contribution in [0, 0.1) is 5.92 Å². The summed E-state index contributed by atoms with van der Waals surface area (Å²) in [6.45, 7) is 4.74. The van der Waals surface area contributed by atoms with Crippen LogP contribution in [-0.2, 0) is 9.47 Å². The molecule has 3 nitrogen and oxygen atoms in total. The predicted molar refractivity (Wildman–Crippen MR) is 46.0 cm³/mol.